The molecule has 2 aliphatic heterocycles. The average molecular weight is 554 g/mol. The summed E-state index contributed by atoms with van der Waals surface area (Å²) in [5.74, 6) is 0.0708. The van der Waals surface area contributed by atoms with Crippen molar-refractivity contribution in [1.82, 2.24) is 15.1 Å². The third-order valence-electron chi connectivity index (χ3n) is 7.13. The molecule has 0 saturated carbocycles. The molecule has 4 bridgehead atoms. The monoisotopic (exact) mass is 553 g/mol. The molecular weight excluding hydrogens is 520 g/mol. The number of amides is 1. The van der Waals surface area contributed by atoms with Gasteiger partial charge in [0.2, 0.25) is 5.91 Å². The van der Waals surface area contributed by atoms with E-state index in [1.165, 1.54) is 13.2 Å². The number of hydrogen-bond acceptors (Lipinski definition) is 7. The number of benzene rings is 3. The van der Waals surface area contributed by atoms with Gasteiger partial charge in [0.1, 0.15) is 11.5 Å². The van der Waals surface area contributed by atoms with Gasteiger partial charge < -0.3 is 24.3 Å². The molecule has 0 radical (unpaired) electrons. The van der Waals surface area contributed by atoms with Crippen LogP contribution in [0.2, 0.25) is 0 Å². The van der Waals surface area contributed by atoms with Crippen LogP contribution in [0.5, 0.6) is 23.0 Å². The van der Waals surface area contributed by atoms with Crippen molar-refractivity contribution in [2.45, 2.75) is 31.8 Å². The molecule has 1 fully saturated rings. The Balaban J connectivity index is 1.40. The molecule has 3 aromatic rings. The van der Waals surface area contributed by atoms with Crippen molar-refractivity contribution in [1.29, 1.82) is 0 Å². The zero-order valence-corrected chi connectivity index (χ0v) is 22.8. The summed E-state index contributed by atoms with van der Waals surface area (Å²) in [6.45, 7) is 1.89. The van der Waals surface area contributed by atoms with E-state index in [4.69, 9.17) is 18.9 Å². The van der Waals surface area contributed by atoms with Crippen molar-refractivity contribution in [3.05, 3.63) is 82.9 Å². The first-order valence-corrected chi connectivity index (χ1v) is 13.1. The number of halogens is 2. The van der Waals surface area contributed by atoms with Crippen molar-refractivity contribution in [2.75, 3.05) is 40.9 Å². The topological polar surface area (TPSA) is 72.5 Å². The summed E-state index contributed by atoms with van der Waals surface area (Å²) in [4.78, 5) is 16.9. The van der Waals surface area contributed by atoms with Crippen LogP contribution in [-0.2, 0) is 29.2 Å². The van der Waals surface area contributed by atoms with Crippen LogP contribution in [0.25, 0.3) is 0 Å². The summed E-state index contributed by atoms with van der Waals surface area (Å²) in [5, 5.41) is 3.10. The van der Waals surface area contributed by atoms with E-state index < -0.39 is 11.6 Å². The van der Waals surface area contributed by atoms with E-state index in [1.807, 2.05) is 59.3 Å². The molecular formula is C30H33F2N3O5. The highest BCUT2D eigenvalue weighted by molar-refractivity contribution is 5.78. The Morgan fingerprint density at radius 3 is 2.58 bits per heavy atom. The highest BCUT2D eigenvalue weighted by Gasteiger charge is 2.36. The second kappa shape index (κ2) is 12.2. The Morgan fingerprint density at radius 1 is 0.975 bits per heavy atom. The number of carbonyl (C=O) groups excluding carboxylic acids is 1. The third kappa shape index (κ3) is 6.35. The molecule has 8 nitrogen and oxygen atoms in total. The lowest BCUT2D eigenvalue weighted by Crippen LogP contribution is -2.47. The lowest BCUT2D eigenvalue weighted by molar-refractivity contribution is -0.123. The molecule has 0 unspecified atom stereocenters. The third-order valence-corrected chi connectivity index (χ3v) is 7.13. The van der Waals surface area contributed by atoms with Crippen LogP contribution in [0.3, 0.4) is 0 Å². The molecule has 1 N–H and O–H groups in total. The predicted molar refractivity (Wildman–Crippen MR) is 145 cm³/mol. The van der Waals surface area contributed by atoms with Crippen LogP contribution in [0.15, 0.2) is 54.6 Å². The number of fused-ring (bicyclic) bond motifs is 5. The Bertz CT molecular complexity index is 1370. The molecule has 0 spiro atoms. The lowest BCUT2D eigenvalue weighted by atomic mass is 10.1. The summed E-state index contributed by atoms with van der Waals surface area (Å²) in [7, 11) is 4.88. The Kier molecular flexibility index (Phi) is 8.49. The SMILES string of the molecule is COc1ccc2cc1Oc1cccc(c1)CO[C@H]1CN(Cc3c(OC)ccc(F)c3F)C[C@@H]1NC(=O)CN(C)C2. The van der Waals surface area contributed by atoms with E-state index in [0.717, 1.165) is 17.2 Å². The van der Waals surface area contributed by atoms with Crippen LogP contribution in [0, 0.1) is 11.6 Å². The van der Waals surface area contributed by atoms with Crippen LogP contribution >= 0.6 is 0 Å². The fourth-order valence-electron chi connectivity index (χ4n) is 5.22. The van der Waals surface area contributed by atoms with E-state index in [-0.39, 0.29) is 49.1 Å². The number of nitrogens with one attached hydrogen (secondary N) is 1. The summed E-state index contributed by atoms with van der Waals surface area (Å²) < 4.78 is 52.0. The largest absolute Gasteiger partial charge is 0.496 e. The van der Waals surface area contributed by atoms with Gasteiger partial charge in [0, 0.05) is 31.7 Å². The van der Waals surface area contributed by atoms with E-state index >= 15 is 0 Å². The van der Waals surface area contributed by atoms with Crippen LogP contribution in [-0.4, -0.2) is 68.8 Å². The van der Waals surface area contributed by atoms with Crippen molar-refractivity contribution < 1.29 is 32.5 Å². The van der Waals surface area contributed by atoms with E-state index in [9.17, 15) is 13.6 Å². The highest BCUT2D eigenvalue weighted by atomic mass is 19.2. The molecule has 2 atom stereocenters. The minimum atomic E-state index is -0.936. The smallest absolute Gasteiger partial charge is 0.234 e. The van der Waals surface area contributed by atoms with Crippen LogP contribution < -0.4 is 19.5 Å². The van der Waals surface area contributed by atoms with Gasteiger partial charge in [-0.25, -0.2) is 8.78 Å². The Morgan fingerprint density at radius 2 is 1.77 bits per heavy atom. The first kappa shape index (κ1) is 27.8. The maximum atomic E-state index is 14.7. The van der Waals surface area contributed by atoms with Gasteiger partial charge in [0.15, 0.2) is 23.1 Å². The number of carbonyl (C=O) groups is 1. The average Bonchev–Trinajstić information content (AvgIpc) is 3.30. The van der Waals surface area contributed by atoms with Gasteiger partial charge in [-0.05, 0) is 54.6 Å². The Labute approximate surface area is 232 Å². The minimum Gasteiger partial charge on any atom is -0.496 e. The zero-order chi connectivity index (χ0) is 28.2. The number of methoxy groups -OCH3 is 2. The van der Waals surface area contributed by atoms with Gasteiger partial charge in [-0.3, -0.25) is 14.6 Å². The van der Waals surface area contributed by atoms with Gasteiger partial charge in [-0.1, -0.05) is 18.2 Å². The summed E-state index contributed by atoms with van der Waals surface area (Å²) in [5.41, 5.74) is 1.99. The molecule has 2 heterocycles. The van der Waals surface area contributed by atoms with Crippen molar-refractivity contribution in [3.8, 4) is 23.0 Å². The maximum Gasteiger partial charge on any atom is 0.234 e. The molecule has 1 amide bonds. The molecule has 3 aromatic carbocycles. The van der Waals surface area contributed by atoms with Crippen LogP contribution in [0.1, 0.15) is 16.7 Å². The number of rotatable bonds is 4. The van der Waals surface area contributed by atoms with Crippen molar-refractivity contribution >= 4 is 5.91 Å². The Hall–Kier alpha value is -3.73. The standard InChI is InChI=1S/C30H33F2N3O5/c1-34-13-19-7-9-26(38-3)27(12-19)40-21-6-4-5-20(11-21)18-39-28-16-35(15-24(28)33-29(36)17-34)14-22-25(37-2)10-8-23(31)30(22)32/h4-12,24,28H,13-18H2,1-3H3,(H,33,36)/t24-,28-/m0/s1. The van der Waals surface area contributed by atoms with Crippen molar-refractivity contribution in [3.63, 3.8) is 0 Å². The first-order chi connectivity index (χ1) is 19.3. The molecule has 40 heavy (non-hydrogen) atoms. The van der Waals surface area contributed by atoms with Crippen LogP contribution in [0.4, 0.5) is 8.78 Å². The summed E-state index contributed by atoms with van der Waals surface area (Å²) in [6.07, 6.45) is -0.373. The highest BCUT2D eigenvalue weighted by Crippen LogP contribution is 2.33. The summed E-state index contributed by atoms with van der Waals surface area (Å²) >= 11 is 0. The second-order valence-corrected chi connectivity index (χ2v) is 10.2. The normalized spacial score (nSPS) is 20.4. The number of hydrogen-bond donors (Lipinski definition) is 1. The molecule has 5 rings (SSSR count). The van der Waals surface area contributed by atoms with Gasteiger partial charge in [0.25, 0.3) is 0 Å². The number of nitrogens with zero attached hydrogens (tertiary/aromatic N) is 2. The maximum absolute atomic E-state index is 14.7. The van der Waals surface area contributed by atoms with E-state index in [0.29, 0.717) is 36.9 Å². The number of likely N-dealkylation sites (tertiary alicyclic amines) is 1. The van der Waals surface area contributed by atoms with Gasteiger partial charge >= 0.3 is 0 Å². The first-order valence-electron chi connectivity index (χ1n) is 13.1. The quantitative estimate of drug-likeness (QED) is 0.522. The molecule has 0 aliphatic carbocycles. The molecule has 1 saturated heterocycles. The van der Waals surface area contributed by atoms with E-state index in [1.54, 1.807) is 7.11 Å². The van der Waals surface area contributed by atoms with Gasteiger partial charge in [-0.2, -0.15) is 0 Å². The number of ether oxygens (including phenoxy) is 4. The summed E-state index contributed by atoms with van der Waals surface area (Å²) in [6, 6.07) is 15.4. The molecule has 0 aromatic heterocycles. The van der Waals surface area contributed by atoms with Gasteiger partial charge in [0.05, 0.1) is 39.5 Å². The lowest BCUT2D eigenvalue weighted by Gasteiger charge is -2.23. The predicted octanol–water partition coefficient (Wildman–Crippen LogP) is 4.11. The zero-order valence-electron chi connectivity index (χ0n) is 22.8. The molecule has 212 valence electrons. The molecule has 2 aliphatic rings. The minimum absolute atomic E-state index is 0.111. The van der Waals surface area contributed by atoms with Gasteiger partial charge in [-0.15, -0.1) is 0 Å². The van der Waals surface area contributed by atoms with E-state index in [2.05, 4.69) is 5.32 Å². The number of likely N-dealkylation sites (N-methyl/N-ethyl adjacent to an activating group) is 1. The fraction of sp³-hybridized carbons (Fsp3) is 0.367. The molecule has 10 heteroatoms. The van der Waals surface area contributed by atoms with Crippen molar-refractivity contribution in [2.24, 2.45) is 0 Å². The fourth-order valence-corrected chi connectivity index (χ4v) is 5.22. The second-order valence-electron chi connectivity index (χ2n) is 10.2.